The highest BCUT2D eigenvalue weighted by Gasteiger charge is 2.06. The zero-order valence-electron chi connectivity index (χ0n) is 10.5. The Bertz CT molecular complexity index is 323. The molecule has 0 aliphatic rings. The fourth-order valence-corrected chi connectivity index (χ4v) is 1.94. The van der Waals surface area contributed by atoms with Crippen LogP contribution in [0.5, 0.6) is 5.75 Å². The van der Waals surface area contributed by atoms with Crippen LogP contribution in [0.1, 0.15) is 30.9 Å². The minimum absolute atomic E-state index is 0.565. The van der Waals surface area contributed by atoms with Gasteiger partial charge in [0.25, 0.3) is 0 Å². The van der Waals surface area contributed by atoms with E-state index in [4.69, 9.17) is 4.74 Å². The van der Waals surface area contributed by atoms with Gasteiger partial charge in [0.1, 0.15) is 5.75 Å². The first-order valence-electron chi connectivity index (χ1n) is 5.98. The third-order valence-corrected chi connectivity index (χ3v) is 3.44. The van der Waals surface area contributed by atoms with Gasteiger partial charge in [-0.1, -0.05) is 19.4 Å². The van der Waals surface area contributed by atoms with Crippen molar-refractivity contribution in [2.75, 3.05) is 12.4 Å². The summed E-state index contributed by atoms with van der Waals surface area (Å²) in [5, 5.41) is 0. The van der Waals surface area contributed by atoms with Crippen LogP contribution in [-0.4, -0.2) is 12.4 Å². The quantitative estimate of drug-likeness (QED) is 0.736. The van der Waals surface area contributed by atoms with Crippen molar-refractivity contribution in [3.05, 3.63) is 29.3 Å². The molecule has 0 N–H and O–H groups in total. The maximum Gasteiger partial charge on any atom is 0.119 e. The largest absolute Gasteiger partial charge is 0.493 e. The van der Waals surface area contributed by atoms with Gasteiger partial charge in [0.05, 0.1) is 6.61 Å². The van der Waals surface area contributed by atoms with E-state index in [0.29, 0.717) is 5.92 Å². The Labute approximate surface area is 105 Å². The van der Waals surface area contributed by atoms with Crippen LogP contribution in [0.25, 0.3) is 0 Å². The minimum atomic E-state index is 0.565. The van der Waals surface area contributed by atoms with Crippen molar-refractivity contribution in [1.82, 2.24) is 0 Å². The molecule has 0 amide bonds. The van der Waals surface area contributed by atoms with Crippen LogP contribution in [0.15, 0.2) is 18.2 Å². The molecule has 1 nitrogen and oxygen atoms in total. The molecular weight excluding hydrogens is 216 g/mol. The van der Waals surface area contributed by atoms with Crippen LogP contribution in [0.3, 0.4) is 0 Å². The molecule has 1 atom stereocenters. The summed E-state index contributed by atoms with van der Waals surface area (Å²) in [6.45, 7) is 7.21. The summed E-state index contributed by atoms with van der Waals surface area (Å²) >= 11 is 4.35. The molecule has 0 spiro atoms. The Kier molecular flexibility index (Phi) is 5.75. The number of aryl methyl sites for hydroxylation is 2. The average molecular weight is 238 g/mol. The lowest BCUT2D eigenvalue weighted by Gasteiger charge is -2.15. The van der Waals surface area contributed by atoms with Crippen molar-refractivity contribution in [3.63, 3.8) is 0 Å². The van der Waals surface area contributed by atoms with Gasteiger partial charge in [0.15, 0.2) is 0 Å². The molecule has 16 heavy (non-hydrogen) atoms. The standard InChI is InChI=1S/C14H22OS/c1-4-5-13(10-16)9-15-14-7-6-11(2)12(3)8-14/h6-8,13,16H,4-5,9-10H2,1-3H3. The molecule has 0 aromatic heterocycles. The Hall–Kier alpha value is -0.630. The van der Waals surface area contributed by atoms with Gasteiger partial charge in [-0.3, -0.25) is 0 Å². The molecule has 1 unspecified atom stereocenters. The fourth-order valence-electron chi connectivity index (χ4n) is 1.65. The lowest BCUT2D eigenvalue weighted by Crippen LogP contribution is -2.13. The lowest BCUT2D eigenvalue weighted by atomic mass is 10.1. The number of hydrogen-bond acceptors (Lipinski definition) is 2. The number of hydrogen-bond donors (Lipinski definition) is 1. The molecule has 90 valence electrons. The molecular formula is C14H22OS. The molecule has 0 aliphatic heterocycles. The normalized spacial score (nSPS) is 12.5. The minimum Gasteiger partial charge on any atom is -0.493 e. The molecule has 1 aromatic carbocycles. The van der Waals surface area contributed by atoms with Crippen molar-refractivity contribution in [2.45, 2.75) is 33.6 Å². The highest BCUT2D eigenvalue weighted by atomic mass is 32.1. The third-order valence-electron chi connectivity index (χ3n) is 2.92. The highest BCUT2D eigenvalue weighted by molar-refractivity contribution is 7.80. The molecule has 0 radical (unpaired) electrons. The molecule has 0 heterocycles. The second-order valence-electron chi connectivity index (χ2n) is 4.39. The number of thiol groups is 1. The number of ether oxygens (including phenoxy) is 1. The fraction of sp³-hybridized carbons (Fsp3) is 0.571. The van der Waals surface area contributed by atoms with Gasteiger partial charge in [0, 0.05) is 5.92 Å². The third kappa shape index (κ3) is 4.09. The SMILES string of the molecule is CCCC(CS)COc1ccc(C)c(C)c1. The Morgan fingerprint density at radius 2 is 2.00 bits per heavy atom. The zero-order valence-corrected chi connectivity index (χ0v) is 11.4. The topological polar surface area (TPSA) is 9.23 Å². The number of rotatable bonds is 6. The summed E-state index contributed by atoms with van der Waals surface area (Å²) in [4.78, 5) is 0. The van der Waals surface area contributed by atoms with Crippen molar-refractivity contribution in [3.8, 4) is 5.75 Å². The van der Waals surface area contributed by atoms with Gasteiger partial charge < -0.3 is 4.74 Å². The van der Waals surface area contributed by atoms with Crippen LogP contribution < -0.4 is 4.74 Å². The summed E-state index contributed by atoms with van der Waals surface area (Å²) < 4.78 is 5.80. The summed E-state index contributed by atoms with van der Waals surface area (Å²) in [5.74, 6) is 2.44. The molecule has 2 heteroatoms. The smallest absolute Gasteiger partial charge is 0.119 e. The lowest BCUT2D eigenvalue weighted by molar-refractivity contribution is 0.254. The molecule has 1 aromatic rings. The molecule has 0 saturated carbocycles. The van der Waals surface area contributed by atoms with Crippen LogP contribution in [-0.2, 0) is 0 Å². The van der Waals surface area contributed by atoms with Crippen molar-refractivity contribution >= 4 is 12.6 Å². The average Bonchev–Trinajstić information content (AvgIpc) is 2.28. The Morgan fingerprint density at radius 1 is 1.25 bits per heavy atom. The molecule has 0 saturated heterocycles. The van der Waals surface area contributed by atoms with Gasteiger partial charge in [-0.05, 0) is 49.3 Å². The van der Waals surface area contributed by atoms with Crippen LogP contribution in [0, 0.1) is 19.8 Å². The maximum absolute atomic E-state index is 5.80. The second kappa shape index (κ2) is 6.85. The van der Waals surface area contributed by atoms with Gasteiger partial charge >= 0.3 is 0 Å². The molecule has 1 rings (SSSR count). The first-order valence-corrected chi connectivity index (χ1v) is 6.61. The molecule has 0 fully saturated rings. The van der Waals surface area contributed by atoms with Crippen molar-refractivity contribution < 1.29 is 4.74 Å². The van der Waals surface area contributed by atoms with E-state index in [-0.39, 0.29) is 0 Å². The Balaban J connectivity index is 2.50. The van der Waals surface area contributed by atoms with E-state index in [1.54, 1.807) is 0 Å². The van der Waals surface area contributed by atoms with E-state index in [9.17, 15) is 0 Å². The zero-order chi connectivity index (χ0) is 12.0. The second-order valence-corrected chi connectivity index (χ2v) is 4.76. The van der Waals surface area contributed by atoms with Gasteiger partial charge in [-0.25, -0.2) is 0 Å². The summed E-state index contributed by atoms with van der Waals surface area (Å²) in [6.07, 6.45) is 2.38. The van der Waals surface area contributed by atoms with E-state index < -0.39 is 0 Å². The van der Waals surface area contributed by atoms with E-state index in [0.717, 1.165) is 18.1 Å². The summed E-state index contributed by atoms with van der Waals surface area (Å²) in [6, 6.07) is 6.26. The van der Waals surface area contributed by atoms with Crippen LogP contribution in [0.4, 0.5) is 0 Å². The Morgan fingerprint density at radius 3 is 2.56 bits per heavy atom. The summed E-state index contributed by atoms with van der Waals surface area (Å²) in [5.41, 5.74) is 2.60. The predicted octanol–water partition coefficient (Wildman–Crippen LogP) is 4.03. The van der Waals surface area contributed by atoms with Gasteiger partial charge in [-0.15, -0.1) is 0 Å². The van der Waals surface area contributed by atoms with Crippen molar-refractivity contribution in [1.29, 1.82) is 0 Å². The van der Waals surface area contributed by atoms with Crippen LogP contribution >= 0.6 is 12.6 Å². The van der Waals surface area contributed by atoms with E-state index in [2.05, 4.69) is 45.5 Å². The number of benzene rings is 1. The maximum atomic E-state index is 5.80. The molecule has 0 aliphatic carbocycles. The van der Waals surface area contributed by atoms with Gasteiger partial charge in [-0.2, -0.15) is 12.6 Å². The highest BCUT2D eigenvalue weighted by Crippen LogP contribution is 2.18. The van der Waals surface area contributed by atoms with Gasteiger partial charge in [0.2, 0.25) is 0 Å². The predicted molar refractivity (Wildman–Crippen MR) is 73.7 cm³/mol. The van der Waals surface area contributed by atoms with E-state index in [1.807, 2.05) is 6.07 Å². The first-order chi connectivity index (χ1) is 7.67. The monoisotopic (exact) mass is 238 g/mol. The first kappa shape index (κ1) is 13.4. The summed E-state index contributed by atoms with van der Waals surface area (Å²) in [7, 11) is 0. The van der Waals surface area contributed by atoms with E-state index >= 15 is 0 Å². The van der Waals surface area contributed by atoms with Crippen LogP contribution in [0.2, 0.25) is 0 Å². The van der Waals surface area contributed by atoms with Crippen molar-refractivity contribution in [2.24, 2.45) is 5.92 Å². The van der Waals surface area contributed by atoms with E-state index in [1.165, 1.54) is 24.0 Å². The molecule has 0 bridgehead atoms.